The first kappa shape index (κ1) is 30.9. The van der Waals surface area contributed by atoms with Gasteiger partial charge in [0.2, 0.25) is 10.0 Å². The smallest absolute Gasteiger partial charge is 1.00 e. The molecule has 1 N–H and O–H groups in total. The van der Waals surface area contributed by atoms with Crippen molar-refractivity contribution in [2.24, 2.45) is 0 Å². The Morgan fingerprint density at radius 2 is 1.74 bits per heavy atom. The predicted octanol–water partition coefficient (Wildman–Crippen LogP) is 2.52. The summed E-state index contributed by atoms with van der Waals surface area (Å²) in [5, 5.41) is 0.551. The standard InChI is InChI=1S/C29H29ClN4O3S.Na.H/c1-4-5-9-16-38(36,37)33-29(35)26-17-20(2)27-28(32-26)34(21(3)31-27)19-24-15-14-23(18-25(24)30)13-12-22-10-7-6-8-11-22;;/h6-8,10-11,14-15,17-18H,4-5,9,16,19H2,1-3H3,(H,33,35);;/q;+1;-1. The zero-order valence-electron chi connectivity index (χ0n) is 23.6. The van der Waals surface area contributed by atoms with E-state index in [0.29, 0.717) is 35.0 Å². The molecule has 1 amide bonds. The number of hydrogen-bond donors (Lipinski definition) is 1. The fourth-order valence-corrected chi connectivity index (χ4v) is 5.35. The molecule has 0 fully saturated rings. The average Bonchev–Trinajstić information content (AvgIpc) is 3.20. The van der Waals surface area contributed by atoms with Crippen LogP contribution in [0.3, 0.4) is 0 Å². The Labute approximate surface area is 258 Å². The number of pyridine rings is 1. The van der Waals surface area contributed by atoms with E-state index < -0.39 is 15.9 Å². The number of aromatic nitrogens is 3. The molecule has 7 nitrogen and oxygen atoms in total. The average molecular weight is 573 g/mol. The van der Waals surface area contributed by atoms with Crippen molar-refractivity contribution in [3.8, 4) is 11.8 Å². The van der Waals surface area contributed by atoms with E-state index in [1.807, 2.05) is 73.9 Å². The summed E-state index contributed by atoms with van der Waals surface area (Å²) in [6, 6.07) is 16.9. The largest absolute Gasteiger partial charge is 1.00 e. The maximum atomic E-state index is 12.8. The maximum Gasteiger partial charge on any atom is 1.00 e. The van der Waals surface area contributed by atoms with Crippen molar-refractivity contribution in [3.63, 3.8) is 0 Å². The summed E-state index contributed by atoms with van der Waals surface area (Å²) in [6.07, 6.45) is 2.16. The molecule has 0 saturated heterocycles. The Kier molecular flexibility index (Phi) is 10.8. The first-order valence-electron chi connectivity index (χ1n) is 12.4. The maximum absolute atomic E-state index is 12.8. The molecular weight excluding hydrogens is 543 g/mol. The van der Waals surface area contributed by atoms with Crippen molar-refractivity contribution in [1.29, 1.82) is 0 Å². The molecule has 0 aliphatic heterocycles. The Morgan fingerprint density at radius 1 is 1.03 bits per heavy atom. The van der Waals surface area contributed by atoms with Crippen molar-refractivity contribution in [3.05, 3.63) is 93.4 Å². The van der Waals surface area contributed by atoms with Crippen LogP contribution in [0.1, 0.15) is 66.2 Å². The molecule has 0 spiro atoms. The fraction of sp³-hybridized carbons (Fsp3) is 0.276. The summed E-state index contributed by atoms with van der Waals surface area (Å²) in [4.78, 5) is 21.9. The topological polar surface area (TPSA) is 94.0 Å². The molecule has 0 radical (unpaired) electrons. The van der Waals surface area contributed by atoms with Gasteiger partial charge in [-0.2, -0.15) is 0 Å². The molecule has 0 bridgehead atoms. The van der Waals surface area contributed by atoms with Crippen LogP contribution in [0.4, 0.5) is 0 Å². The van der Waals surface area contributed by atoms with Crippen molar-refractivity contribution in [2.75, 3.05) is 5.75 Å². The van der Waals surface area contributed by atoms with Crippen LogP contribution in [0.15, 0.2) is 54.6 Å². The number of imidazole rings is 1. The molecular formula is C29H30ClN4NaO3S. The number of carbonyl (C=O) groups excluding carboxylic acids is 1. The van der Waals surface area contributed by atoms with Crippen molar-refractivity contribution < 1.29 is 44.2 Å². The number of fused-ring (bicyclic) bond motifs is 1. The molecule has 39 heavy (non-hydrogen) atoms. The number of sulfonamides is 1. The number of nitrogens with zero attached hydrogens (tertiary/aromatic N) is 3. The third-order valence-corrected chi connectivity index (χ3v) is 7.76. The van der Waals surface area contributed by atoms with Crippen LogP contribution in [-0.2, 0) is 16.6 Å². The van der Waals surface area contributed by atoms with Gasteiger partial charge in [-0.15, -0.1) is 0 Å². The first-order chi connectivity index (χ1) is 18.2. The molecule has 10 heteroatoms. The number of unbranched alkanes of at least 4 members (excludes halogenated alkanes) is 2. The van der Waals surface area contributed by atoms with E-state index in [9.17, 15) is 13.2 Å². The van der Waals surface area contributed by atoms with Crippen molar-refractivity contribution >= 4 is 38.7 Å². The number of aryl methyl sites for hydroxylation is 2. The number of nitrogens with one attached hydrogen (secondary N) is 1. The minimum atomic E-state index is -3.74. The van der Waals surface area contributed by atoms with Gasteiger partial charge in [-0.1, -0.05) is 67.5 Å². The van der Waals surface area contributed by atoms with Crippen LogP contribution in [0.2, 0.25) is 5.02 Å². The molecule has 0 unspecified atom stereocenters. The molecule has 2 heterocycles. The van der Waals surface area contributed by atoms with Crippen LogP contribution < -0.4 is 34.3 Å². The summed E-state index contributed by atoms with van der Waals surface area (Å²) in [6.45, 7) is 6.04. The van der Waals surface area contributed by atoms with E-state index in [2.05, 4.69) is 26.5 Å². The minimum Gasteiger partial charge on any atom is -1.00 e. The Balaban J connectivity index is 0.00000280. The van der Waals surface area contributed by atoms with Gasteiger partial charge in [0, 0.05) is 16.1 Å². The monoisotopic (exact) mass is 572 g/mol. The van der Waals surface area contributed by atoms with Crippen LogP contribution in [-0.4, -0.2) is 34.6 Å². The number of halogens is 1. The van der Waals surface area contributed by atoms with Gasteiger partial charge in [-0.05, 0) is 61.7 Å². The van der Waals surface area contributed by atoms with Crippen LogP contribution in [0.5, 0.6) is 0 Å². The summed E-state index contributed by atoms with van der Waals surface area (Å²) in [5.41, 5.74) is 4.43. The van der Waals surface area contributed by atoms with E-state index >= 15 is 0 Å². The Bertz CT molecular complexity index is 1670. The molecule has 0 atom stereocenters. The van der Waals surface area contributed by atoms with E-state index in [1.54, 1.807) is 6.07 Å². The van der Waals surface area contributed by atoms with E-state index in [1.165, 1.54) is 0 Å². The Morgan fingerprint density at radius 3 is 2.44 bits per heavy atom. The zero-order valence-corrected chi connectivity index (χ0v) is 26.2. The summed E-state index contributed by atoms with van der Waals surface area (Å²) < 4.78 is 28.7. The first-order valence-corrected chi connectivity index (χ1v) is 14.4. The van der Waals surface area contributed by atoms with Crippen molar-refractivity contribution in [2.45, 2.75) is 46.6 Å². The van der Waals surface area contributed by atoms with Gasteiger partial charge in [0.1, 0.15) is 17.0 Å². The normalized spacial score (nSPS) is 11.0. The van der Waals surface area contributed by atoms with E-state index in [0.717, 1.165) is 35.1 Å². The molecule has 4 rings (SSSR count). The van der Waals surface area contributed by atoms with Gasteiger partial charge in [0.05, 0.1) is 12.3 Å². The second-order valence-corrected chi connectivity index (χ2v) is 11.4. The number of carbonyl (C=O) groups is 1. The van der Waals surface area contributed by atoms with Gasteiger partial charge in [0.25, 0.3) is 5.91 Å². The fourth-order valence-electron chi connectivity index (χ4n) is 4.03. The third kappa shape index (κ3) is 7.93. The molecule has 2 aromatic carbocycles. The van der Waals surface area contributed by atoms with E-state index in [4.69, 9.17) is 11.6 Å². The molecule has 0 aliphatic rings. The van der Waals surface area contributed by atoms with E-state index in [-0.39, 0.29) is 42.4 Å². The molecule has 0 saturated carbocycles. The van der Waals surface area contributed by atoms with Crippen LogP contribution >= 0.6 is 11.6 Å². The molecule has 2 aromatic heterocycles. The zero-order chi connectivity index (χ0) is 27.3. The minimum absolute atomic E-state index is 0. The summed E-state index contributed by atoms with van der Waals surface area (Å²) in [5.74, 6) is 6.10. The summed E-state index contributed by atoms with van der Waals surface area (Å²) >= 11 is 6.62. The van der Waals surface area contributed by atoms with Crippen LogP contribution in [0, 0.1) is 25.7 Å². The number of rotatable bonds is 8. The quantitative estimate of drug-likeness (QED) is 0.199. The number of benzene rings is 2. The second-order valence-electron chi connectivity index (χ2n) is 9.12. The van der Waals surface area contributed by atoms with Gasteiger partial charge < -0.3 is 5.99 Å². The molecule has 4 aromatic rings. The predicted molar refractivity (Wildman–Crippen MR) is 152 cm³/mol. The van der Waals surface area contributed by atoms with Gasteiger partial charge in [0.15, 0.2) is 5.65 Å². The third-order valence-electron chi connectivity index (χ3n) is 6.09. The number of amides is 1. The molecule has 0 aliphatic carbocycles. The van der Waals surface area contributed by atoms with Crippen molar-refractivity contribution in [1.82, 2.24) is 19.3 Å². The molecule has 198 valence electrons. The van der Waals surface area contributed by atoms with Gasteiger partial charge in [-0.3, -0.25) is 4.79 Å². The summed E-state index contributed by atoms with van der Waals surface area (Å²) in [7, 11) is -3.74. The van der Waals surface area contributed by atoms with Gasteiger partial charge >= 0.3 is 29.6 Å². The van der Waals surface area contributed by atoms with Gasteiger partial charge in [-0.25, -0.2) is 23.1 Å². The Hall–Kier alpha value is -2.67. The SMILES string of the molecule is CCCCCS(=O)(=O)NC(=O)c1cc(C)c2nc(C)n(Cc3ccc(C#Cc4ccccc4)cc3Cl)c2n1.[H-].[Na+]. The van der Waals surface area contributed by atoms with Crippen LogP contribution in [0.25, 0.3) is 11.2 Å². The number of hydrogen-bond acceptors (Lipinski definition) is 5. The second kappa shape index (κ2) is 13.6.